The van der Waals surface area contributed by atoms with Gasteiger partial charge in [-0.05, 0) is 71.1 Å². The first-order valence-corrected chi connectivity index (χ1v) is 11.0. The summed E-state index contributed by atoms with van der Waals surface area (Å²) in [5, 5.41) is 22.2. The normalized spacial score (nSPS) is 10.8. The number of esters is 2. The zero-order valence-corrected chi connectivity index (χ0v) is 18.9. The molecule has 0 atom stereocenters. The highest BCUT2D eigenvalue weighted by Crippen LogP contribution is 2.37. The number of fused-ring (bicyclic) bond motifs is 1. The maximum atomic E-state index is 12.3. The third-order valence-corrected chi connectivity index (χ3v) is 5.53. The smallest absolute Gasteiger partial charge is 0.341 e. The van der Waals surface area contributed by atoms with Crippen molar-refractivity contribution >= 4 is 22.7 Å². The molecule has 4 aromatic carbocycles. The summed E-state index contributed by atoms with van der Waals surface area (Å²) in [5.41, 5.74) is 3.45. The molecule has 0 aliphatic carbocycles. The zero-order chi connectivity index (χ0) is 24.2. The van der Waals surface area contributed by atoms with Gasteiger partial charge in [0.15, 0.2) is 0 Å². The molecule has 0 heterocycles. The zero-order valence-electron chi connectivity index (χ0n) is 18.9. The molecular weight excluding hydrogens is 432 g/mol. The van der Waals surface area contributed by atoms with Crippen molar-refractivity contribution in [2.24, 2.45) is 0 Å². The molecular formula is C28H24O6. The lowest BCUT2D eigenvalue weighted by atomic mass is 9.91. The van der Waals surface area contributed by atoms with Crippen LogP contribution in [-0.4, -0.2) is 35.4 Å². The molecule has 2 N–H and O–H groups in total. The molecule has 4 aromatic rings. The summed E-state index contributed by atoms with van der Waals surface area (Å²) in [5.74, 6) is -1.45. The molecule has 34 heavy (non-hydrogen) atoms. The minimum absolute atomic E-state index is 0.102. The van der Waals surface area contributed by atoms with Gasteiger partial charge in [0.2, 0.25) is 0 Å². The second kappa shape index (κ2) is 9.67. The Bertz CT molecular complexity index is 1280. The molecule has 0 fully saturated rings. The number of rotatable bonds is 6. The second-order valence-corrected chi connectivity index (χ2v) is 7.61. The van der Waals surface area contributed by atoms with Crippen molar-refractivity contribution in [2.75, 3.05) is 13.2 Å². The molecule has 0 saturated heterocycles. The van der Waals surface area contributed by atoms with Gasteiger partial charge in [-0.15, -0.1) is 0 Å². The number of phenols is 2. The monoisotopic (exact) mass is 456 g/mol. The lowest BCUT2D eigenvalue weighted by Gasteiger charge is -2.13. The van der Waals surface area contributed by atoms with E-state index in [1.807, 2.05) is 36.4 Å². The number of benzene rings is 4. The highest BCUT2D eigenvalue weighted by Gasteiger charge is 2.17. The number of carbonyl (C=O) groups excluding carboxylic acids is 2. The lowest BCUT2D eigenvalue weighted by molar-refractivity contribution is 0.0513. The number of carbonyl (C=O) groups is 2. The Labute approximate surface area is 197 Å². The Morgan fingerprint density at radius 1 is 0.647 bits per heavy atom. The van der Waals surface area contributed by atoms with Crippen molar-refractivity contribution in [1.82, 2.24) is 0 Å². The van der Waals surface area contributed by atoms with Crippen molar-refractivity contribution in [3.63, 3.8) is 0 Å². The Morgan fingerprint density at radius 2 is 1.06 bits per heavy atom. The summed E-state index contributed by atoms with van der Waals surface area (Å²) >= 11 is 0. The Kier molecular flexibility index (Phi) is 6.50. The van der Waals surface area contributed by atoms with Crippen molar-refractivity contribution in [1.29, 1.82) is 0 Å². The fourth-order valence-electron chi connectivity index (χ4n) is 3.97. The molecule has 0 aliphatic heterocycles. The van der Waals surface area contributed by atoms with E-state index in [4.69, 9.17) is 9.47 Å². The second-order valence-electron chi connectivity index (χ2n) is 7.61. The first-order valence-electron chi connectivity index (χ1n) is 11.0. The van der Waals surface area contributed by atoms with Crippen molar-refractivity contribution < 1.29 is 29.3 Å². The highest BCUT2D eigenvalue weighted by molar-refractivity contribution is 6.06. The Morgan fingerprint density at radius 3 is 1.44 bits per heavy atom. The first kappa shape index (κ1) is 22.9. The van der Waals surface area contributed by atoms with Crippen molar-refractivity contribution in [2.45, 2.75) is 13.8 Å². The number of hydrogen-bond acceptors (Lipinski definition) is 6. The molecule has 6 heteroatoms. The van der Waals surface area contributed by atoms with Crippen LogP contribution < -0.4 is 0 Å². The van der Waals surface area contributed by atoms with E-state index in [2.05, 4.69) is 0 Å². The van der Waals surface area contributed by atoms with Crippen molar-refractivity contribution in [3.8, 4) is 33.8 Å². The van der Waals surface area contributed by atoms with E-state index in [1.54, 1.807) is 38.1 Å². The molecule has 4 rings (SSSR count). The van der Waals surface area contributed by atoms with Crippen LogP contribution >= 0.6 is 0 Å². The molecule has 0 aliphatic rings. The van der Waals surface area contributed by atoms with Crippen LogP contribution in [0.5, 0.6) is 11.5 Å². The topological polar surface area (TPSA) is 93.1 Å². The van der Waals surface area contributed by atoms with E-state index in [0.717, 1.165) is 33.0 Å². The van der Waals surface area contributed by atoms with Gasteiger partial charge in [0.25, 0.3) is 0 Å². The Hall–Kier alpha value is -4.32. The number of phenolic OH excluding ortho intramolecular Hbond substituents is 2. The molecule has 0 radical (unpaired) electrons. The number of hydrogen-bond donors (Lipinski definition) is 2. The van der Waals surface area contributed by atoms with Gasteiger partial charge in [-0.1, -0.05) is 48.5 Å². The molecule has 0 unspecified atom stereocenters. The predicted molar refractivity (Wildman–Crippen MR) is 130 cm³/mol. The van der Waals surface area contributed by atoms with Gasteiger partial charge in [0, 0.05) is 0 Å². The van der Waals surface area contributed by atoms with Crippen LogP contribution in [0.1, 0.15) is 34.6 Å². The average molecular weight is 456 g/mol. The van der Waals surface area contributed by atoms with Crippen LogP contribution in [-0.2, 0) is 9.47 Å². The van der Waals surface area contributed by atoms with E-state index in [1.165, 1.54) is 12.1 Å². The third-order valence-electron chi connectivity index (χ3n) is 5.53. The van der Waals surface area contributed by atoms with Gasteiger partial charge in [-0.2, -0.15) is 0 Å². The minimum atomic E-state index is -0.585. The van der Waals surface area contributed by atoms with Crippen LogP contribution in [0.15, 0.2) is 72.8 Å². The standard InChI is InChI=1S/C28H24O6/c1-3-33-27(31)23-15-17(11-13-25(23)29)19-7-5-10-22-20(8-6-9-21(19)22)18-12-14-26(30)24(16-18)28(32)34-4-2/h5-16,29-30H,3-4H2,1-2H3. The van der Waals surface area contributed by atoms with Crippen LogP contribution in [0.3, 0.4) is 0 Å². The quantitative estimate of drug-likeness (QED) is 0.349. The summed E-state index contributed by atoms with van der Waals surface area (Å²) in [4.78, 5) is 24.5. The molecule has 0 amide bonds. The maximum absolute atomic E-state index is 12.3. The first-order chi connectivity index (χ1) is 16.4. The summed E-state index contributed by atoms with van der Waals surface area (Å²) in [7, 11) is 0. The fourth-order valence-corrected chi connectivity index (χ4v) is 3.97. The van der Waals surface area contributed by atoms with Crippen LogP contribution in [0, 0.1) is 0 Å². The summed E-state index contributed by atoms with van der Waals surface area (Å²) in [6, 6.07) is 21.3. The molecule has 0 spiro atoms. The van der Waals surface area contributed by atoms with E-state index >= 15 is 0 Å². The fraction of sp³-hybridized carbons (Fsp3) is 0.143. The summed E-state index contributed by atoms with van der Waals surface area (Å²) in [6.07, 6.45) is 0. The van der Waals surface area contributed by atoms with E-state index in [0.29, 0.717) is 0 Å². The number of aromatic hydroxyl groups is 2. The molecule has 0 saturated carbocycles. The summed E-state index contributed by atoms with van der Waals surface area (Å²) in [6.45, 7) is 3.84. The SMILES string of the molecule is CCOC(=O)c1cc(-c2cccc3c(-c4ccc(O)c(C(=O)OCC)c4)cccc23)ccc1O. The molecule has 172 valence electrons. The highest BCUT2D eigenvalue weighted by atomic mass is 16.5. The van der Waals surface area contributed by atoms with Crippen LogP contribution in [0.2, 0.25) is 0 Å². The van der Waals surface area contributed by atoms with Crippen molar-refractivity contribution in [3.05, 3.63) is 83.9 Å². The van der Waals surface area contributed by atoms with E-state index in [-0.39, 0.29) is 35.8 Å². The van der Waals surface area contributed by atoms with E-state index < -0.39 is 11.9 Å². The van der Waals surface area contributed by atoms with Gasteiger partial charge in [0.1, 0.15) is 22.6 Å². The molecule has 0 aromatic heterocycles. The van der Waals surface area contributed by atoms with Crippen LogP contribution in [0.4, 0.5) is 0 Å². The largest absolute Gasteiger partial charge is 0.507 e. The molecule has 6 nitrogen and oxygen atoms in total. The van der Waals surface area contributed by atoms with E-state index in [9.17, 15) is 19.8 Å². The number of ether oxygens (including phenoxy) is 2. The average Bonchev–Trinajstić information content (AvgIpc) is 2.84. The maximum Gasteiger partial charge on any atom is 0.341 e. The van der Waals surface area contributed by atoms with Gasteiger partial charge in [-0.3, -0.25) is 0 Å². The van der Waals surface area contributed by atoms with Gasteiger partial charge in [0.05, 0.1) is 13.2 Å². The minimum Gasteiger partial charge on any atom is -0.507 e. The van der Waals surface area contributed by atoms with Crippen LogP contribution in [0.25, 0.3) is 33.0 Å². The van der Waals surface area contributed by atoms with Gasteiger partial charge in [-0.25, -0.2) is 9.59 Å². The Balaban J connectivity index is 1.86. The summed E-state index contributed by atoms with van der Waals surface area (Å²) < 4.78 is 10.1. The van der Waals surface area contributed by atoms with Gasteiger partial charge < -0.3 is 19.7 Å². The lowest BCUT2D eigenvalue weighted by Crippen LogP contribution is -2.05. The third kappa shape index (κ3) is 4.30. The van der Waals surface area contributed by atoms with Gasteiger partial charge >= 0.3 is 11.9 Å². The molecule has 0 bridgehead atoms. The predicted octanol–water partition coefficient (Wildman–Crippen LogP) is 5.94.